The maximum atomic E-state index is 12.8. The highest BCUT2D eigenvalue weighted by Crippen LogP contribution is 2.32. The smallest absolute Gasteiger partial charge is 0.257 e. The van der Waals surface area contributed by atoms with Crippen molar-refractivity contribution in [2.45, 2.75) is 57.7 Å². The van der Waals surface area contributed by atoms with Gasteiger partial charge in [-0.3, -0.25) is 4.79 Å². The number of carbonyl (C=O) groups is 1. The van der Waals surface area contributed by atoms with Crippen LogP contribution >= 0.6 is 0 Å². The Labute approximate surface area is 160 Å². The number of rotatable bonds is 5. The number of primary sulfonamides is 1. The van der Waals surface area contributed by atoms with Crippen molar-refractivity contribution in [3.05, 3.63) is 52.8 Å². The van der Waals surface area contributed by atoms with Gasteiger partial charge in [0.1, 0.15) is 0 Å². The Morgan fingerprint density at radius 2 is 1.78 bits per heavy atom. The van der Waals surface area contributed by atoms with E-state index in [1.807, 2.05) is 13.0 Å². The number of nitrogens with two attached hydrogens (primary N) is 1. The highest BCUT2D eigenvalue weighted by atomic mass is 32.2. The normalized spacial score (nSPS) is 15.7. The molecule has 2 aromatic rings. The molecule has 0 spiro atoms. The first-order valence-electron chi connectivity index (χ1n) is 9.34. The van der Waals surface area contributed by atoms with Crippen molar-refractivity contribution >= 4 is 21.6 Å². The minimum absolute atomic E-state index is 0.149. The summed E-state index contributed by atoms with van der Waals surface area (Å²) in [6.07, 6.45) is 6.12. The monoisotopic (exact) mass is 389 g/mol. The molecule has 0 radical (unpaired) electrons. The van der Waals surface area contributed by atoms with Crippen molar-refractivity contribution < 1.29 is 13.2 Å². The molecule has 1 heterocycles. The SMILES string of the molecule is Cc1cc(C(=O)Nc2ccc(CS(N)(=O)=O)cc2)c(C)n1C1CCCCC1. The molecule has 3 rings (SSSR count). The van der Waals surface area contributed by atoms with E-state index >= 15 is 0 Å². The summed E-state index contributed by atoms with van der Waals surface area (Å²) < 4.78 is 24.6. The number of aromatic nitrogens is 1. The van der Waals surface area contributed by atoms with Gasteiger partial charge in [0.2, 0.25) is 10.0 Å². The predicted octanol–water partition coefficient (Wildman–Crippen LogP) is 3.65. The van der Waals surface area contributed by atoms with Crippen LogP contribution in [-0.4, -0.2) is 18.9 Å². The first-order valence-corrected chi connectivity index (χ1v) is 11.1. The summed E-state index contributed by atoms with van der Waals surface area (Å²) in [7, 11) is -3.56. The maximum Gasteiger partial charge on any atom is 0.257 e. The Balaban J connectivity index is 1.74. The quantitative estimate of drug-likeness (QED) is 0.817. The molecule has 1 amide bonds. The Morgan fingerprint density at radius 1 is 1.15 bits per heavy atom. The molecule has 1 aromatic heterocycles. The minimum Gasteiger partial charge on any atom is -0.345 e. The van der Waals surface area contributed by atoms with Crippen LogP contribution in [0.2, 0.25) is 0 Å². The average Bonchev–Trinajstić information content (AvgIpc) is 2.91. The van der Waals surface area contributed by atoms with Crippen LogP contribution in [0.5, 0.6) is 0 Å². The highest BCUT2D eigenvalue weighted by molar-refractivity contribution is 7.88. The third kappa shape index (κ3) is 4.78. The van der Waals surface area contributed by atoms with E-state index in [1.54, 1.807) is 24.3 Å². The maximum absolute atomic E-state index is 12.8. The summed E-state index contributed by atoms with van der Waals surface area (Å²) in [4.78, 5) is 12.8. The molecule has 146 valence electrons. The number of amides is 1. The number of nitrogens with one attached hydrogen (secondary N) is 1. The zero-order valence-electron chi connectivity index (χ0n) is 15.9. The number of sulfonamides is 1. The summed E-state index contributed by atoms with van der Waals surface area (Å²) in [6.45, 7) is 4.06. The van der Waals surface area contributed by atoms with Gasteiger partial charge in [-0.25, -0.2) is 13.6 Å². The molecule has 0 saturated heterocycles. The van der Waals surface area contributed by atoms with Crippen LogP contribution < -0.4 is 10.5 Å². The van der Waals surface area contributed by atoms with Gasteiger partial charge in [-0.05, 0) is 50.5 Å². The molecule has 27 heavy (non-hydrogen) atoms. The van der Waals surface area contributed by atoms with Crippen molar-refractivity contribution in [1.29, 1.82) is 0 Å². The summed E-state index contributed by atoms with van der Waals surface area (Å²) in [5.74, 6) is -0.367. The fourth-order valence-corrected chi connectivity index (χ4v) is 4.68. The zero-order valence-corrected chi connectivity index (χ0v) is 16.7. The van der Waals surface area contributed by atoms with E-state index in [2.05, 4.69) is 16.8 Å². The third-order valence-electron chi connectivity index (χ3n) is 5.25. The lowest BCUT2D eigenvalue weighted by atomic mass is 9.95. The summed E-state index contributed by atoms with van der Waals surface area (Å²) >= 11 is 0. The lowest BCUT2D eigenvalue weighted by Crippen LogP contribution is -2.17. The molecule has 3 N–H and O–H groups in total. The second-order valence-corrected chi connectivity index (χ2v) is 9.02. The largest absolute Gasteiger partial charge is 0.345 e. The Bertz CT molecular complexity index is 924. The van der Waals surface area contributed by atoms with Crippen LogP contribution in [0.1, 0.15) is 65.5 Å². The first-order chi connectivity index (χ1) is 12.7. The van der Waals surface area contributed by atoms with E-state index in [0.717, 1.165) is 11.4 Å². The number of benzene rings is 1. The number of carbonyl (C=O) groups excluding carboxylic acids is 1. The van der Waals surface area contributed by atoms with Crippen molar-refractivity contribution in [2.24, 2.45) is 5.14 Å². The van der Waals surface area contributed by atoms with Crippen molar-refractivity contribution in [3.8, 4) is 0 Å². The van der Waals surface area contributed by atoms with Crippen LogP contribution in [0, 0.1) is 13.8 Å². The molecule has 0 aliphatic heterocycles. The molecule has 1 fully saturated rings. The predicted molar refractivity (Wildman–Crippen MR) is 107 cm³/mol. The average molecular weight is 390 g/mol. The van der Waals surface area contributed by atoms with E-state index in [4.69, 9.17) is 5.14 Å². The zero-order chi connectivity index (χ0) is 19.6. The molecule has 0 bridgehead atoms. The molecule has 6 nitrogen and oxygen atoms in total. The fourth-order valence-electron chi connectivity index (χ4n) is 4.02. The number of aryl methyl sites for hydroxylation is 1. The van der Waals surface area contributed by atoms with Gasteiger partial charge in [0.25, 0.3) is 5.91 Å². The Hall–Kier alpha value is -2.12. The van der Waals surface area contributed by atoms with Crippen LogP contribution in [0.4, 0.5) is 5.69 Å². The van der Waals surface area contributed by atoms with Crippen LogP contribution in [0.3, 0.4) is 0 Å². The van der Waals surface area contributed by atoms with Gasteiger partial charge < -0.3 is 9.88 Å². The lowest BCUT2D eigenvalue weighted by Gasteiger charge is -2.26. The highest BCUT2D eigenvalue weighted by Gasteiger charge is 2.22. The standard InChI is InChI=1S/C20H27N3O3S/c1-14-12-19(15(2)23(14)18-6-4-3-5-7-18)20(24)22-17-10-8-16(9-11-17)13-27(21,25)26/h8-12,18H,3-7,13H2,1-2H3,(H,22,24)(H2,21,25,26). The van der Waals surface area contributed by atoms with Gasteiger partial charge in [-0.1, -0.05) is 31.4 Å². The van der Waals surface area contributed by atoms with E-state index in [-0.39, 0.29) is 11.7 Å². The van der Waals surface area contributed by atoms with Crippen LogP contribution in [0.25, 0.3) is 0 Å². The lowest BCUT2D eigenvalue weighted by molar-refractivity contribution is 0.102. The molecule has 7 heteroatoms. The van der Waals surface area contributed by atoms with E-state index in [9.17, 15) is 13.2 Å². The molecular weight excluding hydrogens is 362 g/mol. The topological polar surface area (TPSA) is 94.2 Å². The number of anilines is 1. The minimum atomic E-state index is -3.56. The van der Waals surface area contributed by atoms with E-state index in [1.165, 1.54) is 32.1 Å². The summed E-state index contributed by atoms with van der Waals surface area (Å²) in [5.41, 5.74) is 4.02. The van der Waals surface area contributed by atoms with Gasteiger partial charge in [-0.15, -0.1) is 0 Å². The first kappa shape index (κ1) is 19.6. The van der Waals surface area contributed by atoms with Gasteiger partial charge in [-0.2, -0.15) is 0 Å². The second kappa shape index (κ2) is 7.86. The Morgan fingerprint density at radius 3 is 2.37 bits per heavy atom. The van der Waals surface area contributed by atoms with Crippen molar-refractivity contribution in [3.63, 3.8) is 0 Å². The molecule has 1 aromatic carbocycles. The number of hydrogen-bond acceptors (Lipinski definition) is 3. The van der Waals surface area contributed by atoms with Crippen LogP contribution in [-0.2, 0) is 15.8 Å². The van der Waals surface area contributed by atoms with Gasteiger partial charge in [0.15, 0.2) is 0 Å². The van der Waals surface area contributed by atoms with Crippen molar-refractivity contribution in [1.82, 2.24) is 4.57 Å². The molecule has 0 atom stereocenters. The summed E-state index contributed by atoms with van der Waals surface area (Å²) in [5, 5.41) is 7.96. The third-order valence-corrected chi connectivity index (χ3v) is 5.98. The molecule has 0 unspecified atom stereocenters. The molecular formula is C20H27N3O3S. The summed E-state index contributed by atoms with van der Waals surface area (Å²) in [6, 6.07) is 9.14. The second-order valence-electron chi connectivity index (χ2n) is 7.40. The van der Waals surface area contributed by atoms with Crippen LogP contribution in [0.15, 0.2) is 30.3 Å². The fraction of sp³-hybridized carbons (Fsp3) is 0.450. The number of hydrogen-bond donors (Lipinski definition) is 2. The molecule has 1 saturated carbocycles. The van der Waals surface area contributed by atoms with Crippen molar-refractivity contribution in [2.75, 3.05) is 5.32 Å². The van der Waals surface area contributed by atoms with E-state index in [0.29, 0.717) is 22.9 Å². The molecule has 1 aliphatic rings. The molecule has 1 aliphatic carbocycles. The van der Waals surface area contributed by atoms with Gasteiger partial charge in [0, 0.05) is 23.1 Å². The number of nitrogens with zero attached hydrogens (tertiary/aromatic N) is 1. The van der Waals surface area contributed by atoms with E-state index < -0.39 is 10.0 Å². The van der Waals surface area contributed by atoms with Gasteiger partial charge in [0.05, 0.1) is 11.3 Å². The Kier molecular flexibility index (Phi) is 5.72. The van der Waals surface area contributed by atoms with Gasteiger partial charge >= 0.3 is 0 Å².